The van der Waals surface area contributed by atoms with Gasteiger partial charge >= 0.3 is 17.9 Å². The number of benzene rings is 2. The Bertz CT molecular complexity index is 1760. The van der Waals surface area contributed by atoms with Crippen molar-refractivity contribution in [2.75, 3.05) is 16.8 Å². The molecule has 0 spiro atoms. The van der Waals surface area contributed by atoms with Crippen LogP contribution in [0, 0.1) is 0 Å². The van der Waals surface area contributed by atoms with Crippen molar-refractivity contribution in [3.63, 3.8) is 0 Å². The molecule has 4 aliphatic heterocycles. The van der Waals surface area contributed by atoms with Gasteiger partial charge in [0.2, 0.25) is 0 Å². The van der Waals surface area contributed by atoms with Crippen LogP contribution in [0.4, 0.5) is 11.4 Å². The van der Waals surface area contributed by atoms with E-state index in [0.717, 1.165) is 0 Å². The summed E-state index contributed by atoms with van der Waals surface area (Å²) in [6.45, 7) is 11.4. The Hall–Kier alpha value is -4.51. The van der Waals surface area contributed by atoms with Gasteiger partial charge in [-0.05, 0) is 40.7 Å². The highest BCUT2D eigenvalue weighted by Gasteiger charge is 2.84. The van der Waals surface area contributed by atoms with E-state index in [2.05, 4.69) is 0 Å². The molecule has 230 valence electrons. The highest BCUT2D eigenvalue weighted by Crippen LogP contribution is 2.68. The summed E-state index contributed by atoms with van der Waals surface area (Å²) in [6.07, 6.45) is 0. The third kappa shape index (κ3) is 3.17. The summed E-state index contributed by atoms with van der Waals surface area (Å²) in [5.41, 5.74) is -6.20. The fourth-order valence-corrected chi connectivity index (χ4v) is 7.92. The first-order valence-corrected chi connectivity index (χ1v) is 14.3. The zero-order chi connectivity index (χ0) is 32.4. The van der Waals surface area contributed by atoms with Crippen LogP contribution in [0.2, 0.25) is 0 Å². The lowest BCUT2D eigenvalue weighted by molar-refractivity contribution is -0.404. The average Bonchev–Trinajstić information content (AvgIpc) is 3.35. The van der Waals surface area contributed by atoms with Crippen LogP contribution in [0.15, 0.2) is 42.5 Å². The van der Waals surface area contributed by atoms with Crippen LogP contribution in [0.3, 0.4) is 0 Å². The van der Waals surface area contributed by atoms with E-state index < -0.39 is 51.9 Å². The van der Waals surface area contributed by atoms with Crippen molar-refractivity contribution in [3.8, 4) is 0 Å². The first kappa shape index (κ1) is 29.6. The number of likely N-dealkylation sites (N-methyl/N-ethyl adjacent to an activating group) is 1. The van der Waals surface area contributed by atoms with Gasteiger partial charge < -0.3 is 23.8 Å². The van der Waals surface area contributed by atoms with Crippen molar-refractivity contribution < 1.29 is 42.9 Å². The lowest BCUT2D eigenvalue weighted by atomic mass is 9.56. The maximum atomic E-state index is 14.9. The molecule has 44 heavy (non-hydrogen) atoms. The van der Waals surface area contributed by atoms with Gasteiger partial charge in [-0.15, -0.1) is 0 Å². The van der Waals surface area contributed by atoms with Crippen molar-refractivity contribution in [2.45, 2.75) is 83.5 Å². The number of hydrogen-bond donors (Lipinski definition) is 0. The molecule has 2 aromatic carbocycles. The van der Waals surface area contributed by atoms with Gasteiger partial charge in [-0.2, -0.15) is 0 Å². The van der Waals surface area contributed by atoms with Crippen LogP contribution in [0.25, 0.3) is 11.1 Å². The molecule has 5 unspecified atom stereocenters. The van der Waals surface area contributed by atoms with E-state index in [1.165, 1.54) is 44.4 Å². The summed E-state index contributed by atoms with van der Waals surface area (Å²) in [4.78, 5) is 69.9. The molecule has 2 bridgehead atoms. The Morgan fingerprint density at radius 3 is 1.82 bits per heavy atom. The number of fused-ring (bicyclic) bond motifs is 5. The number of ether oxygens (including phenoxy) is 4. The van der Waals surface area contributed by atoms with E-state index in [1.54, 1.807) is 64.2 Å². The molecular formula is C33H34N2O9. The van der Waals surface area contributed by atoms with Gasteiger partial charge in [-0.1, -0.05) is 36.4 Å². The molecule has 1 fully saturated rings. The van der Waals surface area contributed by atoms with E-state index >= 15 is 0 Å². The summed E-state index contributed by atoms with van der Waals surface area (Å²) in [6, 6.07) is 12.4. The Morgan fingerprint density at radius 2 is 1.20 bits per heavy atom. The predicted octanol–water partition coefficient (Wildman–Crippen LogP) is 3.86. The van der Waals surface area contributed by atoms with E-state index in [1.807, 2.05) is 6.07 Å². The molecule has 11 heteroatoms. The van der Waals surface area contributed by atoms with Crippen LogP contribution in [-0.4, -0.2) is 59.3 Å². The molecule has 2 amide bonds. The van der Waals surface area contributed by atoms with Crippen LogP contribution >= 0.6 is 0 Å². The van der Waals surface area contributed by atoms with Crippen LogP contribution < -0.4 is 9.80 Å². The summed E-state index contributed by atoms with van der Waals surface area (Å²) < 4.78 is 25.1. The standard InChI is InChI=1S/C33H34N2O9/c1-17(36)41-30(5)29(4)22-15-12-14-21-25(24-20-13-10-11-16-23(20)34(9)27(24)39)28(40)35(26(21)22)33(8,44-29)32(7,43-19(3)38)31(30,6)42-18(2)37/h10-16H,1-9H3/b25-24+. The van der Waals surface area contributed by atoms with Gasteiger partial charge in [-0.3, -0.25) is 28.9 Å². The molecule has 5 atom stereocenters. The number of carbonyl (C=O) groups is 5. The molecule has 0 radical (unpaired) electrons. The molecule has 4 heterocycles. The number of para-hydroxylation sites is 2. The normalized spacial score (nSPS) is 34.8. The largest absolute Gasteiger partial charge is 0.452 e. The quantitative estimate of drug-likeness (QED) is 0.292. The monoisotopic (exact) mass is 602 g/mol. The third-order valence-corrected chi connectivity index (χ3v) is 10.3. The van der Waals surface area contributed by atoms with Crippen molar-refractivity contribution in [3.05, 3.63) is 59.2 Å². The highest BCUT2D eigenvalue weighted by molar-refractivity contribution is 6.50. The molecule has 11 nitrogen and oxygen atoms in total. The molecule has 4 aliphatic rings. The highest BCUT2D eigenvalue weighted by atomic mass is 16.7. The number of anilines is 2. The minimum absolute atomic E-state index is 0.151. The number of amides is 2. The SMILES string of the molecule is CC(=O)OC1(C)C2(C)OC(C)(N3C(=O)/C(=C4/C(=O)N(C)c5ccccc54)c4cccc2c43)C(C)(OC(C)=O)C1(C)OC(C)=O. The Balaban J connectivity index is 1.76. The Kier molecular flexibility index (Phi) is 5.90. The predicted molar refractivity (Wildman–Crippen MR) is 158 cm³/mol. The van der Waals surface area contributed by atoms with Crippen molar-refractivity contribution >= 4 is 52.2 Å². The van der Waals surface area contributed by atoms with Gasteiger partial charge in [0.25, 0.3) is 11.8 Å². The van der Waals surface area contributed by atoms with E-state index in [-0.39, 0.29) is 17.1 Å². The maximum absolute atomic E-state index is 14.9. The average molecular weight is 603 g/mol. The van der Waals surface area contributed by atoms with Gasteiger partial charge in [0.05, 0.1) is 22.5 Å². The Labute approximate surface area is 254 Å². The minimum Gasteiger partial charge on any atom is -0.452 e. The number of rotatable bonds is 3. The summed E-state index contributed by atoms with van der Waals surface area (Å²) in [7, 11) is 1.65. The zero-order valence-corrected chi connectivity index (χ0v) is 26.1. The second-order valence-corrected chi connectivity index (χ2v) is 12.5. The van der Waals surface area contributed by atoms with Gasteiger partial charge in [0.1, 0.15) is 5.60 Å². The molecular weight excluding hydrogens is 568 g/mol. The maximum Gasteiger partial charge on any atom is 0.303 e. The van der Waals surface area contributed by atoms with Crippen molar-refractivity contribution in [1.29, 1.82) is 0 Å². The van der Waals surface area contributed by atoms with Gasteiger partial charge in [0, 0.05) is 44.5 Å². The van der Waals surface area contributed by atoms with Crippen LogP contribution in [0.5, 0.6) is 0 Å². The van der Waals surface area contributed by atoms with Gasteiger partial charge in [-0.25, -0.2) is 0 Å². The third-order valence-electron chi connectivity index (χ3n) is 10.3. The molecule has 0 N–H and O–H groups in total. The number of carbonyl (C=O) groups excluding carboxylic acids is 5. The second-order valence-electron chi connectivity index (χ2n) is 12.5. The molecule has 0 aliphatic carbocycles. The van der Waals surface area contributed by atoms with E-state index in [0.29, 0.717) is 28.1 Å². The van der Waals surface area contributed by atoms with Crippen LogP contribution in [-0.2, 0) is 48.5 Å². The second kappa shape index (κ2) is 8.78. The molecule has 1 saturated heterocycles. The molecule has 2 aromatic rings. The number of nitrogens with zero attached hydrogens (tertiary/aromatic N) is 2. The minimum atomic E-state index is -1.98. The summed E-state index contributed by atoms with van der Waals surface area (Å²) in [5.74, 6) is -3.11. The fraction of sp³-hybridized carbons (Fsp3) is 0.424. The zero-order valence-electron chi connectivity index (χ0n) is 26.1. The number of esters is 3. The van der Waals surface area contributed by atoms with E-state index in [4.69, 9.17) is 18.9 Å². The molecule has 0 saturated carbocycles. The van der Waals surface area contributed by atoms with Crippen molar-refractivity contribution in [1.82, 2.24) is 0 Å². The van der Waals surface area contributed by atoms with E-state index in [9.17, 15) is 24.0 Å². The van der Waals surface area contributed by atoms with Crippen molar-refractivity contribution in [2.24, 2.45) is 0 Å². The summed E-state index contributed by atoms with van der Waals surface area (Å²) >= 11 is 0. The number of hydrogen-bond acceptors (Lipinski definition) is 9. The topological polar surface area (TPSA) is 129 Å². The summed E-state index contributed by atoms with van der Waals surface area (Å²) in [5, 5.41) is 0. The molecule has 0 aromatic heterocycles. The fourth-order valence-electron chi connectivity index (χ4n) is 7.92. The smallest absolute Gasteiger partial charge is 0.303 e. The van der Waals surface area contributed by atoms with Crippen LogP contribution in [0.1, 0.15) is 72.1 Å². The first-order valence-electron chi connectivity index (χ1n) is 14.3. The lowest BCUT2D eigenvalue weighted by Gasteiger charge is -2.71. The molecule has 6 rings (SSSR count). The van der Waals surface area contributed by atoms with Gasteiger partial charge in [0.15, 0.2) is 22.5 Å². The first-order chi connectivity index (χ1) is 20.4. The Morgan fingerprint density at radius 1 is 0.682 bits per heavy atom. The lowest BCUT2D eigenvalue weighted by Crippen LogP contribution is -2.89.